The normalized spacial score (nSPS) is 18.5. The van der Waals surface area contributed by atoms with Crippen LogP contribution in [0.3, 0.4) is 0 Å². The van der Waals surface area contributed by atoms with Crippen LogP contribution in [-0.2, 0) is 22.4 Å². The molecular formula is C21H20BrFN2O2. The molecule has 0 bridgehead atoms. The SMILES string of the molecule is O=C1Nc2ccccc2CC1CCC(=O)N1CCCc2cc(Br)cc(F)c21. The fourth-order valence-corrected chi connectivity index (χ4v) is 4.46. The van der Waals surface area contributed by atoms with Crippen LogP contribution >= 0.6 is 15.9 Å². The Balaban J connectivity index is 1.46. The summed E-state index contributed by atoms with van der Waals surface area (Å²) in [5.41, 5.74) is 3.19. The van der Waals surface area contributed by atoms with Gasteiger partial charge in [-0.2, -0.15) is 0 Å². The van der Waals surface area contributed by atoms with Gasteiger partial charge in [-0.15, -0.1) is 0 Å². The molecule has 2 heterocycles. The smallest absolute Gasteiger partial charge is 0.227 e. The van der Waals surface area contributed by atoms with Crippen molar-refractivity contribution in [3.63, 3.8) is 0 Å². The van der Waals surface area contributed by atoms with Crippen molar-refractivity contribution in [2.24, 2.45) is 5.92 Å². The molecule has 0 radical (unpaired) electrons. The van der Waals surface area contributed by atoms with Gasteiger partial charge in [-0.1, -0.05) is 34.1 Å². The monoisotopic (exact) mass is 430 g/mol. The minimum atomic E-state index is -0.378. The summed E-state index contributed by atoms with van der Waals surface area (Å²) in [5, 5.41) is 2.92. The third kappa shape index (κ3) is 3.63. The molecule has 1 unspecified atom stereocenters. The predicted molar refractivity (Wildman–Crippen MR) is 106 cm³/mol. The highest BCUT2D eigenvalue weighted by atomic mass is 79.9. The molecule has 2 aromatic rings. The molecule has 4 rings (SSSR count). The molecule has 0 fully saturated rings. The van der Waals surface area contributed by atoms with Gasteiger partial charge in [0.05, 0.1) is 5.69 Å². The fraction of sp³-hybridized carbons (Fsp3) is 0.333. The molecule has 2 aromatic carbocycles. The molecule has 0 saturated heterocycles. The van der Waals surface area contributed by atoms with E-state index in [9.17, 15) is 14.0 Å². The lowest BCUT2D eigenvalue weighted by molar-refractivity contribution is -0.121. The summed E-state index contributed by atoms with van der Waals surface area (Å²) >= 11 is 3.31. The lowest BCUT2D eigenvalue weighted by Crippen LogP contribution is -2.37. The number of rotatable bonds is 3. The lowest BCUT2D eigenvalue weighted by Gasteiger charge is -2.31. The first-order valence-corrected chi connectivity index (χ1v) is 9.99. The van der Waals surface area contributed by atoms with E-state index in [2.05, 4.69) is 21.2 Å². The van der Waals surface area contributed by atoms with E-state index in [1.165, 1.54) is 6.07 Å². The average molecular weight is 431 g/mol. The molecule has 1 N–H and O–H groups in total. The number of nitrogens with one attached hydrogen (secondary N) is 1. The first-order valence-electron chi connectivity index (χ1n) is 9.20. The van der Waals surface area contributed by atoms with E-state index in [-0.39, 0.29) is 30.0 Å². The minimum Gasteiger partial charge on any atom is -0.326 e. The first-order chi connectivity index (χ1) is 13.0. The molecule has 2 aliphatic heterocycles. The summed E-state index contributed by atoms with van der Waals surface area (Å²) < 4.78 is 15.2. The van der Waals surface area contributed by atoms with Gasteiger partial charge < -0.3 is 10.2 Å². The van der Waals surface area contributed by atoms with Gasteiger partial charge in [0.2, 0.25) is 11.8 Å². The number of benzene rings is 2. The van der Waals surface area contributed by atoms with E-state index in [4.69, 9.17) is 0 Å². The van der Waals surface area contributed by atoms with E-state index < -0.39 is 0 Å². The van der Waals surface area contributed by atoms with Crippen LogP contribution in [0.1, 0.15) is 30.4 Å². The molecule has 0 aromatic heterocycles. The molecule has 6 heteroatoms. The van der Waals surface area contributed by atoms with Gasteiger partial charge in [-0.3, -0.25) is 9.59 Å². The quantitative estimate of drug-likeness (QED) is 0.781. The largest absolute Gasteiger partial charge is 0.326 e. The molecular weight excluding hydrogens is 411 g/mol. The van der Waals surface area contributed by atoms with Crippen LogP contribution in [0.2, 0.25) is 0 Å². The van der Waals surface area contributed by atoms with Crippen molar-refractivity contribution in [1.29, 1.82) is 0 Å². The van der Waals surface area contributed by atoms with E-state index in [1.54, 1.807) is 4.90 Å². The molecule has 0 saturated carbocycles. The Bertz CT molecular complexity index is 915. The molecule has 2 aliphatic rings. The number of fused-ring (bicyclic) bond motifs is 2. The molecule has 0 spiro atoms. The van der Waals surface area contributed by atoms with Crippen molar-refractivity contribution in [2.75, 3.05) is 16.8 Å². The maximum Gasteiger partial charge on any atom is 0.227 e. The Morgan fingerprint density at radius 2 is 2.07 bits per heavy atom. The molecule has 27 heavy (non-hydrogen) atoms. The van der Waals surface area contributed by atoms with E-state index >= 15 is 0 Å². The standard InChI is InChI=1S/C21H20BrFN2O2/c22-16-11-14-5-3-9-25(20(14)17(23)12-16)19(26)8-7-15-10-13-4-1-2-6-18(13)24-21(15)27/h1-2,4,6,11-12,15H,3,5,7-10H2,(H,24,27). The van der Waals surface area contributed by atoms with Crippen molar-refractivity contribution in [3.05, 3.63) is 57.8 Å². The summed E-state index contributed by atoms with van der Waals surface area (Å²) in [6.45, 7) is 0.518. The van der Waals surface area contributed by atoms with Gasteiger partial charge >= 0.3 is 0 Å². The Hall–Kier alpha value is -2.21. The minimum absolute atomic E-state index is 0.0457. The number of halogens is 2. The second-order valence-corrected chi connectivity index (χ2v) is 8.05. The highest BCUT2D eigenvalue weighted by Crippen LogP contribution is 2.34. The summed E-state index contributed by atoms with van der Waals surface area (Å²) in [6, 6.07) is 11.0. The lowest BCUT2D eigenvalue weighted by atomic mass is 9.89. The van der Waals surface area contributed by atoms with Crippen LogP contribution < -0.4 is 10.2 Å². The maximum absolute atomic E-state index is 14.5. The van der Waals surface area contributed by atoms with Crippen molar-refractivity contribution in [1.82, 2.24) is 0 Å². The van der Waals surface area contributed by atoms with Crippen molar-refractivity contribution < 1.29 is 14.0 Å². The van der Waals surface area contributed by atoms with Crippen molar-refractivity contribution in [2.45, 2.75) is 32.1 Å². The first kappa shape index (κ1) is 18.2. The molecule has 1 atom stereocenters. The van der Waals surface area contributed by atoms with Crippen LogP contribution in [0, 0.1) is 11.7 Å². The summed E-state index contributed by atoms with van der Waals surface area (Å²) in [7, 11) is 0. The van der Waals surface area contributed by atoms with E-state index in [1.807, 2.05) is 30.3 Å². The Labute approximate surface area is 165 Å². The molecule has 140 valence electrons. The highest BCUT2D eigenvalue weighted by molar-refractivity contribution is 9.10. The zero-order chi connectivity index (χ0) is 19.0. The zero-order valence-corrected chi connectivity index (χ0v) is 16.4. The zero-order valence-electron chi connectivity index (χ0n) is 14.8. The van der Waals surface area contributed by atoms with Gasteiger partial charge in [0, 0.05) is 29.0 Å². The van der Waals surface area contributed by atoms with Crippen LogP contribution in [0.25, 0.3) is 0 Å². The van der Waals surface area contributed by atoms with Crippen molar-refractivity contribution in [3.8, 4) is 0 Å². The van der Waals surface area contributed by atoms with Crippen LogP contribution in [0.4, 0.5) is 15.8 Å². The van der Waals surface area contributed by atoms with Gasteiger partial charge in [-0.25, -0.2) is 4.39 Å². The summed E-state index contributed by atoms with van der Waals surface area (Å²) in [5.74, 6) is -0.779. The van der Waals surface area contributed by atoms with E-state index in [0.717, 1.165) is 29.7 Å². The number of hydrogen-bond acceptors (Lipinski definition) is 2. The molecule has 0 aliphatic carbocycles. The van der Waals surface area contributed by atoms with E-state index in [0.29, 0.717) is 29.5 Å². The topological polar surface area (TPSA) is 49.4 Å². The number of para-hydroxylation sites is 1. The number of carbonyl (C=O) groups excluding carboxylic acids is 2. The van der Waals surface area contributed by atoms with Crippen LogP contribution in [0.15, 0.2) is 40.9 Å². The van der Waals surface area contributed by atoms with Gasteiger partial charge in [0.15, 0.2) is 0 Å². The van der Waals surface area contributed by atoms with Crippen LogP contribution in [0.5, 0.6) is 0 Å². The van der Waals surface area contributed by atoms with Crippen LogP contribution in [-0.4, -0.2) is 18.4 Å². The van der Waals surface area contributed by atoms with Gasteiger partial charge in [-0.05, 0) is 55.0 Å². The van der Waals surface area contributed by atoms with Crippen molar-refractivity contribution >= 4 is 39.1 Å². The van der Waals surface area contributed by atoms with Gasteiger partial charge in [0.25, 0.3) is 0 Å². The Morgan fingerprint density at radius 1 is 1.26 bits per heavy atom. The number of carbonyl (C=O) groups is 2. The highest BCUT2D eigenvalue weighted by Gasteiger charge is 2.29. The number of hydrogen-bond donors (Lipinski definition) is 1. The number of aryl methyl sites for hydroxylation is 1. The third-order valence-electron chi connectivity index (χ3n) is 5.32. The number of anilines is 2. The average Bonchev–Trinajstić information content (AvgIpc) is 2.65. The molecule has 4 nitrogen and oxygen atoms in total. The maximum atomic E-state index is 14.5. The summed E-state index contributed by atoms with van der Waals surface area (Å²) in [4.78, 5) is 26.7. The number of amides is 2. The third-order valence-corrected chi connectivity index (χ3v) is 5.78. The predicted octanol–water partition coefficient (Wildman–Crippen LogP) is 4.46. The second-order valence-electron chi connectivity index (χ2n) is 7.13. The Kier molecular flexibility index (Phi) is 5.00. The summed E-state index contributed by atoms with van der Waals surface area (Å²) in [6.07, 6.45) is 2.90. The molecule has 2 amide bonds. The van der Waals surface area contributed by atoms with Gasteiger partial charge in [0.1, 0.15) is 5.82 Å². The fourth-order valence-electron chi connectivity index (χ4n) is 3.98. The number of nitrogens with zero attached hydrogens (tertiary/aromatic N) is 1. The second kappa shape index (κ2) is 7.43. The Morgan fingerprint density at radius 3 is 2.93 bits per heavy atom.